The minimum atomic E-state index is -0.0927. The number of amides is 2. The molecule has 4 rings (SSSR count). The van der Waals surface area contributed by atoms with Gasteiger partial charge >= 0.3 is 0 Å². The monoisotopic (exact) mass is 413 g/mol. The zero-order valence-corrected chi connectivity index (χ0v) is 17.3. The number of aromatic nitrogens is 1. The van der Waals surface area contributed by atoms with Gasteiger partial charge in [-0.25, -0.2) is 0 Å². The number of furan rings is 1. The molecule has 0 N–H and O–H groups in total. The number of alkyl halides is 1. The lowest BCUT2D eigenvalue weighted by atomic mass is 10.1. The fourth-order valence-corrected chi connectivity index (χ4v) is 4.28. The maximum atomic E-state index is 13.4. The van der Waals surface area contributed by atoms with Gasteiger partial charge in [-0.15, -0.1) is 11.6 Å². The van der Waals surface area contributed by atoms with E-state index in [2.05, 4.69) is 6.92 Å². The van der Waals surface area contributed by atoms with Crippen molar-refractivity contribution in [2.24, 2.45) is 0 Å². The molecule has 6 nitrogen and oxygen atoms in total. The Morgan fingerprint density at radius 2 is 1.97 bits per heavy atom. The number of benzene rings is 1. The minimum Gasteiger partial charge on any atom is -0.448 e. The lowest BCUT2D eigenvalue weighted by Gasteiger charge is -2.39. The van der Waals surface area contributed by atoms with Crippen molar-refractivity contribution in [3.8, 4) is 0 Å². The van der Waals surface area contributed by atoms with Crippen LogP contribution in [0.4, 0.5) is 0 Å². The third-order valence-corrected chi connectivity index (χ3v) is 5.91. The zero-order chi connectivity index (χ0) is 20.5. The van der Waals surface area contributed by atoms with Crippen LogP contribution in [0, 0.1) is 0 Å². The van der Waals surface area contributed by atoms with Crippen molar-refractivity contribution < 1.29 is 14.0 Å². The summed E-state index contributed by atoms with van der Waals surface area (Å²) in [6, 6.07) is 13.7. The van der Waals surface area contributed by atoms with E-state index in [4.69, 9.17) is 16.0 Å². The fourth-order valence-electron chi connectivity index (χ4n) is 4.12. The van der Waals surface area contributed by atoms with Crippen molar-refractivity contribution >= 4 is 34.5 Å². The molecule has 3 heterocycles. The van der Waals surface area contributed by atoms with E-state index in [-0.39, 0.29) is 29.8 Å². The summed E-state index contributed by atoms with van der Waals surface area (Å²) in [5, 5.41) is 0.903. The summed E-state index contributed by atoms with van der Waals surface area (Å²) in [5.74, 6) is -0.180. The van der Waals surface area contributed by atoms with Crippen molar-refractivity contribution in [1.82, 2.24) is 14.4 Å². The maximum absolute atomic E-state index is 13.4. The van der Waals surface area contributed by atoms with E-state index in [0.29, 0.717) is 31.0 Å². The number of hydrogen-bond donors (Lipinski definition) is 0. The molecule has 0 bridgehead atoms. The summed E-state index contributed by atoms with van der Waals surface area (Å²) in [7, 11) is 0. The highest BCUT2D eigenvalue weighted by Gasteiger charge is 2.32. The topological polar surface area (TPSA) is 58.7 Å². The van der Waals surface area contributed by atoms with Gasteiger partial charge in [-0.1, -0.05) is 30.3 Å². The van der Waals surface area contributed by atoms with Crippen LogP contribution in [0.15, 0.2) is 53.1 Å². The number of hydrogen-bond acceptors (Lipinski definition) is 3. The SMILES string of the molecule is C[C@@H]1CN(C(=O)c2cc3ccoc3n2[C@H](C)c2ccccc2)CCN1C(=O)CCl. The highest BCUT2D eigenvalue weighted by molar-refractivity contribution is 6.27. The Labute approximate surface area is 174 Å². The van der Waals surface area contributed by atoms with Crippen LogP contribution in [0.3, 0.4) is 0 Å². The highest BCUT2D eigenvalue weighted by Crippen LogP contribution is 2.30. The van der Waals surface area contributed by atoms with Gasteiger partial charge in [0.15, 0.2) is 0 Å². The molecule has 1 saturated heterocycles. The molecule has 0 radical (unpaired) electrons. The second-order valence-corrected chi connectivity index (χ2v) is 7.76. The predicted octanol–water partition coefficient (Wildman–Crippen LogP) is 3.76. The van der Waals surface area contributed by atoms with E-state index in [9.17, 15) is 9.59 Å². The third kappa shape index (κ3) is 3.53. The highest BCUT2D eigenvalue weighted by atomic mass is 35.5. The molecule has 2 aromatic heterocycles. The quantitative estimate of drug-likeness (QED) is 0.612. The Morgan fingerprint density at radius 1 is 1.21 bits per heavy atom. The molecule has 0 saturated carbocycles. The smallest absolute Gasteiger partial charge is 0.270 e. The molecule has 7 heteroatoms. The van der Waals surface area contributed by atoms with Crippen molar-refractivity contribution in [2.45, 2.75) is 25.9 Å². The van der Waals surface area contributed by atoms with E-state index >= 15 is 0 Å². The van der Waals surface area contributed by atoms with Gasteiger partial charge in [-0.3, -0.25) is 14.2 Å². The summed E-state index contributed by atoms with van der Waals surface area (Å²) >= 11 is 5.71. The Balaban J connectivity index is 1.65. The second-order valence-electron chi connectivity index (χ2n) is 7.49. The van der Waals surface area contributed by atoms with Gasteiger partial charge in [0, 0.05) is 31.1 Å². The number of fused-ring (bicyclic) bond motifs is 1. The maximum Gasteiger partial charge on any atom is 0.270 e. The first kappa shape index (κ1) is 19.6. The molecular formula is C22H24ClN3O3. The van der Waals surface area contributed by atoms with Gasteiger partial charge in [-0.05, 0) is 31.5 Å². The first-order valence-electron chi connectivity index (χ1n) is 9.79. The van der Waals surface area contributed by atoms with Crippen LogP contribution in [-0.2, 0) is 4.79 Å². The van der Waals surface area contributed by atoms with Crippen LogP contribution >= 0.6 is 11.6 Å². The summed E-state index contributed by atoms with van der Waals surface area (Å²) in [6.07, 6.45) is 1.64. The van der Waals surface area contributed by atoms with Crippen molar-refractivity contribution in [2.75, 3.05) is 25.5 Å². The number of halogens is 1. The first-order chi connectivity index (χ1) is 14.0. The van der Waals surface area contributed by atoms with Crippen LogP contribution in [0.25, 0.3) is 11.1 Å². The van der Waals surface area contributed by atoms with Crippen molar-refractivity contribution in [3.05, 3.63) is 60.0 Å². The Kier molecular flexibility index (Phi) is 5.37. The normalized spacial score (nSPS) is 18.2. The van der Waals surface area contributed by atoms with E-state index in [1.54, 1.807) is 11.2 Å². The van der Waals surface area contributed by atoms with E-state index in [1.165, 1.54) is 0 Å². The third-order valence-electron chi connectivity index (χ3n) is 5.68. The first-order valence-corrected chi connectivity index (χ1v) is 10.3. The summed E-state index contributed by atoms with van der Waals surface area (Å²) in [6.45, 7) is 5.46. The molecule has 152 valence electrons. The Bertz CT molecular complexity index is 1030. The Morgan fingerprint density at radius 3 is 2.66 bits per heavy atom. The van der Waals surface area contributed by atoms with Crippen LogP contribution < -0.4 is 0 Å². The Hall–Kier alpha value is -2.73. The van der Waals surface area contributed by atoms with E-state index in [1.807, 2.05) is 58.9 Å². The van der Waals surface area contributed by atoms with Gasteiger partial charge in [0.05, 0.1) is 12.3 Å². The van der Waals surface area contributed by atoms with Gasteiger partial charge in [0.2, 0.25) is 11.6 Å². The average Bonchev–Trinajstić information content (AvgIpc) is 3.34. The summed E-state index contributed by atoms with van der Waals surface area (Å²) < 4.78 is 7.68. The molecule has 0 spiro atoms. The van der Waals surface area contributed by atoms with Crippen LogP contribution in [0.1, 0.15) is 35.9 Å². The largest absolute Gasteiger partial charge is 0.448 e. The summed E-state index contributed by atoms with van der Waals surface area (Å²) in [5.41, 5.74) is 2.38. The molecule has 3 aromatic rings. The number of nitrogens with zero attached hydrogens (tertiary/aromatic N) is 3. The van der Waals surface area contributed by atoms with Gasteiger partial charge in [0.1, 0.15) is 11.6 Å². The molecule has 0 aliphatic carbocycles. The molecule has 2 atom stereocenters. The molecule has 29 heavy (non-hydrogen) atoms. The molecule has 0 unspecified atom stereocenters. The molecule has 1 aliphatic rings. The van der Waals surface area contributed by atoms with Gasteiger partial charge < -0.3 is 14.2 Å². The molecule has 1 aliphatic heterocycles. The minimum absolute atomic E-state index is 0.0356. The number of carbonyl (C=O) groups is 2. The van der Waals surface area contributed by atoms with Crippen LogP contribution in [0.2, 0.25) is 0 Å². The van der Waals surface area contributed by atoms with Crippen LogP contribution in [-0.4, -0.2) is 57.7 Å². The van der Waals surface area contributed by atoms with Crippen molar-refractivity contribution in [3.63, 3.8) is 0 Å². The number of rotatable bonds is 4. The molecule has 1 aromatic carbocycles. The van der Waals surface area contributed by atoms with Crippen molar-refractivity contribution in [1.29, 1.82) is 0 Å². The number of piperazine rings is 1. The standard InChI is InChI=1S/C22H24ClN3O3/c1-15-14-24(9-10-25(15)20(27)13-23)21(28)19-12-18-8-11-29-22(18)26(19)16(2)17-6-4-3-5-7-17/h3-8,11-12,15-16H,9-10,13-14H2,1-2H3/t15-,16-/m1/s1. The van der Waals surface area contributed by atoms with E-state index < -0.39 is 0 Å². The van der Waals surface area contributed by atoms with E-state index in [0.717, 1.165) is 10.9 Å². The van der Waals surface area contributed by atoms with Gasteiger partial charge in [0.25, 0.3) is 5.91 Å². The zero-order valence-electron chi connectivity index (χ0n) is 16.5. The molecule has 2 amide bonds. The lowest BCUT2D eigenvalue weighted by molar-refractivity contribution is -0.132. The fraction of sp³-hybridized carbons (Fsp3) is 0.364. The number of carbonyl (C=O) groups excluding carboxylic acids is 2. The van der Waals surface area contributed by atoms with Gasteiger partial charge in [-0.2, -0.15) is 0 Å². The summed E-state index contributed by atoms with van der Waals surface area (Å²) in [4.78, 5) is 29.0. The molecule has 1 fully saturated rings. The predicted molar refractivity (Wildman–Crippen MR) is 112 cm³/mol. The lowest BCUT2D eigenvalue weighted by Crippen LogP contribution is -2.56. The average molecular weight is 414 g/mol. The van der Waals surface area contributed by atoms with Crippen LogP contribution in [0.5, 0.6) is 0 Å². The second kappa shape index (κ2) is 7.95. The molecular weight excluding hydrogens is 390 g/mol.